The maximum Gasteiger partial charge on any atom is 0.228 e. The van der Waals surface area contributed by atoms with Gasteiger partial charge in [-0.3, -0.25) is 0 Å². The summed E-state index contributed by atoms with van der Waals surface area (Å²) in [6.45, 7) is 0.585. The fourth-order valence-electron chi connectivity index (χ4n) is 1.52. The number of ether oxygens (including phenoxy) is 1. The number of nitrogens with one attached hydrogen (secondary N) is 1. The molecule has 7 heteroatoms. The molecule has 1 atom stereocenters. The lowest BCUT2D eigenvalue weighted by Gasteiger charge is -2.11. The molecule has 0 aromatic carbocycles. The van der Waals surface area contributed by atoms with Gasteiger partial charge in [0.2, 0.25) is 11.7 Å². The van der Waals surface area contributed by atoms with Crippen molar-refractivity contribution in [1.82, 2.24) is 25.4 Å². The zero-order chi connectivity index (χ0) is 12.8. The molecule has 0 saturated carbocycles. The van der Waals surface area contributed by atoms with Gasteiger partial charge in [0.15, 0.2) is 0 Å². The van der Waals surface area contributed by atoms with Gasteiger partial charge in [-0.25, -0.2) is 9.97 Å². The number of rotatable bonds is 6. The summed E-state index contributed by atoms with van der Waals surface area (Å²) in [5.74, 6) is 1.03. The highest BCUT2D eigenvalue weighted by Crippen LogP contribution is 2.12. The summed E-state index contributed by atoms with van der Waals surface area (Å²) in [6.07, 6.45) is 3.70. The molecule has 2 heterocycles. The first-order valence-corrected chi connectivity index (χ1v) is 5.58. The Morgan fingerprint density at radius 2 is 2.39 bits per heavy atom. The molecule has 0 radical (unpaired) electrons. The molecule has 0 fully saturated rings. The lowest BCUT2D eigenvalue weighted by molar-refractivity contribution is 0.165. The summed E-state index contributed by atoms with van der Waals surface area (Å²) < 4.78 is 10.3. The van der Waals surface area contributed by atoms with Crippen LogP contribution in [0.5, 0.6) is 0 Å². The van der Waals surface area contributed by atoms with E-state index < -0.39 is 0 Å². The van der Waals surface area contributed by atoms with E-state index in [1.165, 1.54) is 6.33 Å². The van der Waals surface area contributed by atoms with Gasteiger partial charge >= 0.3 is 0 Å². The second kappa shape index (κ2) is 6.18. The zero-order valence-corrected chi connectivity index (χ0v) is 10.3. The molecule has 0 amide bonds. The van der Waals surface area contributed by atoms with Gasteiger partial charge in [-0.2, -0.15) is 4.98 Å². The van der Waals surface area contributed by atoms with Gasteiger partial charge < -0.3 is 14.6 Å². The molecular weight excluding hydrogens is 234 g/mol. The summed E-state index contributed by atoms with van der Waals surface area (Å²) in [6, 6.07) is 1.88. The number of nitrogens with zero attached hydrogens (tertiary/aromatic N) is 4. The van der Waals surface area contributed by atoms with Gasteiger partial charge in [0.05, 0.1) is 6.61 Å². The molecule has 0 saturated heterocycles. The summed E-state index contributed by atoms with van der Waals surface area (Å²) in [5.41, 5.74) is 0.646. The molecule has 18 heavy (non-hydrogen) atoms. The van der Waals surface area contributed by atoms with Crippen LogP contribution in [0.2, 0.25) is 0 Å². The molecule has 1 N–H and O–H groups in total. The number of hydrogen-bond acceptors (Lipinski definition) is 7. The van der Waals surface area contributed by atoms with Gasteiger partial charge in [-0.1, -0.05) is 5.16 Å². The van der Waals surface area contributed by atoms with Gasteiger partial charge in [0.1, 0.15) is 12.0 Å². The van der Waals surface area contributed by atoms with Gasteiger partial charge in [-0.05, 0) is 13.1 Å². The molecule has 0 aliphatic carbocycles. The van der Waals surface area contributed by atoms with E-state index in [9.17, 15) is 0 Å². The quantitative estimate of drug-likeness (QED) is 0.788. The molecule has 1 unspecified atom stereocenters. The van der Waals surface area contributed by atoms with Gasteiger partial charge in [0, 0.05) is 25.8 Å². The summed E-state index contributed by atoms with van der Waals surface area (Å²) in [7, 11) is 3.52. The summed E-state index contributed by atoms with van der Waals surface area (Å²) >= 11 is 0. The van der Waals surface area contributed by atoms with E-state index in [0.717, 1.165) is 0 Å². The van der Waals surface area contributed by atoms with Crippen LogP contribution in [-0.2, 0) is 11.2 Å². The fraction of sp³-hybridized carbons (Fsp3) is 0.455. The standard InChI is InChI=1S/C11H15N5O2/c1-12-8(6-17-2)5-10-15-11(16-18-10)9-3-4-13-7-14-9/h3-4,7-8,12H,5-6H2,1-2H3. The molecule has 2 rings (SSSR count). The Morgan fingerprint density at radius 1 is 1.50 bits per heavy atom. The normalized spacial score (nSPS) is 12.6. The van der Waals surface area contributed by atoms with Crippen LogP contribution in [0.3, 0.4) is 0 Å². The second-order valence-corrected chi connectivity index (χ2v) is 3.75. The zero-order valence-electron chi connectivity index (χ0n) is 10.3. The SMILES string of the molecule is CNC(COC)Cc1nc(-c2ccncn2)no1. The Labute approximate surface area is 105 Å². The van der Waals surface area contributed by atoms with Crippen LogP contribution in [0.25, 0.3) is 11.5 Å². The van der Waals surface area contributed by atoms with Crippen LogP contribution in [0.4, 0.5) is 0 Å². The van der Waals surface area contributed by atoms with Crippen LogP contribution in [0.1, 0.15) is 5.89 Å². The average Bonchev–Trinajstić information content (AvgIpc) is 2.88. The van der Waals surface area contributed by atoms with E-state index >= 15 is 0 Å². The largest absolute Gasteiger partial charge is 0.383 e. The van der Waals surface area contributed by atoms with E-state index in [0.29, 0.717) is 30.4 Å². The van der Waals surface area contributed by atoms with Crippen molar-refractivity contribution in [3.63, 3.8) is 0 Å². The summed E-state index contributed by atoms with van der Waals surface area (Å²) in [5, 5.41) is 7.01. The second-order valence-electron chi connectivity index (χ2n) is 3.75. The molecule has 2 aromatic rings. The first-order valence-electron chi connectivity index (χ1n) is 5.58. The highest BCUT2D eigenvalue weighted by molar-refractivity contribution is 5.46. The topological polar surface area (TPSA) is 86.0 Å². The molecule has 0 aliphatic heterocycles. The first-order chi connectivity index (χ1) is 8.83. The fourth-order valence-corrected chi connectivity index (χ4v) is 1.52. The Balaban J connectivity index is 2.06. The third kappa shape index (κ3) is 3.08. The smallest absolute Gasteiger partial charge is 0.228 e. The van der Waals surface area contributed by atoms with Crippen molar-refractivity contribution in [2.75, 3.05) is 20.8 Å². The molecule has 0 aliphatic rings. The van der Waals surface area contributed by atoms with Crippen LogP contribution < -0.4 is 5.32 Å². The third-order valence-electron chi connectivity index (χ3n) is 2.48. The monoisotopic (exact) mass is 249 g/mol. The first kappa shape index (κ1) is 12.6. The molecular formula is C11H15N5O2. The van der Waals surface area contributed by atoms with Crippen molar-refractivity contribution in [3.8, 4) is 11.5 Å². The van der Waals surface area contributed by atoms with Gasteiger partial charge in [0.25, 0.3) is 0 Å². The summed E-state index contributed by atoms with van der Waals surface area (Å²) in [4.78, 5) is 12.2. The number of likely N-dealkylation sites (N-methyl/N-ethyl adjacent to an activating group) is 1. The van der Waals surface area contributed by atoms with Gasteiger partial charge in [-0.15, -0.1) is 0 Å². The number of hydrogen-bond donors (Lipinski definition) is 1. The molecule has 0 spiro atoms. The molecule has 7 nitrogen and oxygen atoms in total. The predicted octanol–water partition coefficient (Wildman–Crippen LogP) is 0.303. The van der Waals surface area contributed by atoms with Crippen molar-refractivity contribution in [2.45, 2.75) is 12.5 Å². The van der Waals surface area contributed by atoms with E-state index in [4.69, 9.17) is 9.26 Å². The van der Waals surface area contributed by atoms with Crippen LogP contribution in [0.15, 0.2) is 23.1 Å². The van der Waals surface area contributed by atoms with Crippen LogP contribution in [-0.4, -0.2) is 46.9 Å². The predicted molar refractivity (Wildman–Crippen MR) is 63.8 cm³/mol. The van der Waals surface area contributed by atoms with Crippen molar-refractivity contribution < 1.29 is 9.26 Å². The van der Waals surface area contributed by atoms with Crippen molar-refractivity contribution in [1.29, 1.82) is 0 Å². The highest BCUT2D eigenvalue weighted by atomic mass is 16.5. The van der Waals surface area contributed by atoms with E-state index in [2.05, 4.69) is 25.4 Å². The van der Waals surface area contributed by atoms with Crippen molar-refractivity contribution in [2.24, 2.45) is 0 Å². The third-order valence-corrected chi connectivity index (χ3v) is 2.48. The molecule has 0 bridgehead atoms. The Morgan fingerprint density at radius 3 is 3.06 bits per heavy atom. The Kier molecular flexibility index (Phi) is 4.32. The minimum Gasteiger partial charge on any atom is -0.383 e. The molecule has 96 valence electrons. The minimum absolute atomic E-state index is 0.147. The maximum absolute atomic E-state index is 5.18. The number of methoxy groups -OCH3 is 1. The van der Waals surface area contributed by atoms with E-state index in [1.807, 2.05) is 7.05 Å². The lowest BCUT2D eigenvalue weighted by atomic mass is 10.2. The van der Waals surface area contributed by atoms with E-state index in [1.54, 1.807) is 19.4 Å². The van der Waals surface area contributed by atoms with Crippen molar-refractivity contribution >= 4 is 0 Å². The van der Waals surface area contributed by atoms with Crippen LogP contribution in [0, 0.1) is 0 Å². The Bertz CT molecular complexity index is 473. The minimum atomic E-state index is 0.147. The number of aromatic nitrogens is 4. The van der Waals surface area contributed by atoms with Crippen molar-refractivity contribution in [3.05, 3.63) is 24.5 Å². The maximum atomic E-state index is 5.18. The van der Waals surface area contributed by atoms with Crippen LogP contribution >= 0.6 is 0 Å². The average molecular weight is 249 g/mol. The van der Waals surface area contributed by atoms with E-state index in [-0.39, 0.29) is 6.04 Å². The Hall–Kier alpha value is -1.86. The lowest BCUT2D eigenvalue weighted by Crippen LogP contribution is -2.32. The molecule has 2 aromatic heterocycles. The highest BCUT2D eigenvalue weighted by Gasteiger charge is 2.14.